The maximum absolute atomic E-state index is 11.5. The number of Topliss-reactive ketones (excluding diaryl/α,β-unsaturated/α-hetero) is 1. The van der Waals surface area contributed by atoms with Crippen molar-refractivity contribution in [2.45, 2.75) is 6.42 Å². The maximum Gasteiger partial charge on any atom is 0.313 e. The highest BCUT2D eigenvalue weighted by Gasteiger charge is 2.13. The second kappa shape index (κ2) is 6.42. The van der Waals surface area contributed by atoms with Crippen LogP contribution < -0.4 is 0 Å². The number of allylic oxidation sites excluding steroid dienone is 1. The summed E-state index contributed by atoms with van der Waals surface area (Å²) in [5.74, 6) is -1.13. The first-order chi connectivity index (χ1) is 8.04. The summed E-state index contributed by atoms with van der Waals surface area (Å²) in [5, 5.41) is 0.431. The van der Waals surface area contributed by atoms with Crippen molar-refractivity contribution in [3.8, 4) is 0 Å². The lowest BCUT2D eigenvalue weighted by Gasteiger charge is -2.00. The van der Waals surface area contributed by atoms with Crippen LogP contribution in [0.2, 0.25) is 5.02 Å². The summed E-state index contributed by atoms with van der Waals surface area (Å²) >= 11 is 11.7. The van der Waals surface area contributed by atoms with E-state index < -0.39 is 11.8 Å². The van der Waals surface area contributed by atoms with Gasteiger partial charge in [0, 0.05) is 5.02 Å². The molecular weight excluding hydrogens is 263 g/mol. The molecule has 90 valence electrons. The Labute approximate surface area is 109 Å². The van der Waals surface area contributed by atoms with Gasteiger partial charge in [0.15, 0.2) is 5.78 Å². The van der Waals surface area contributed by atoms with Gasteiger partial charge in [-0.05, 0) is 17.7 Å². The third-order valence-electron chi connectivity index (χ3n) is 1.99. The summed E-state index contributed by atoms with van der Waals surface area (Å²) in [5.41, 5.74) is 0.623. The molecule has 0 aliphatic rings. The number of esters is 1. The van der Waals surface area contributed by atoms with E-state index in [4.69, 9.17) is 23.2 Å². The molecular formula is C12H10Cl2O3. The molecule has 1 rings (SSSR count). The first-order valence-corrected chi connectivity index (χ1v) is 5.52. The number of methoxy groups -OCH3 is 1. The number of rotatable bonds is 4. The summed E-state index contributed by atoms with van der Waals surface area (Å²) in [7, 11) is 1.21. The molecule has 0 bridgehead atoms. The van der Waals surface area contributed by atoms with E-state index in [1.54, 1.807) is 24.3 Å². The number of hydrogen-bond acceptors (Lipinski definition) is 3. The van der Waals surface area contributed by atoms with Crippen molar-refractivity contribution >= 4 is 41.0 Å². The minimum Gasteiger partial charge on any atom is -0.469 e. The molecule has 0 aromatic heterocycles. The first-order valence-electron chi connectivity index (χ1n) is 4.76. The predicted octanol–water partition coefficient (Wildman–Crippen LogP) is 3.05. The van der Waals surface area contributed by atoms with Crippen LogP contribution in [0.5, 0.6) is 0 Å². The number of ketones is 1. The predicted molar refractivity (Wildman–Crippen MR) is 66.9 cm³/mol. The van der Waals surface area contributed by atoms with Crippen LogP contribution in [0.1, 0.15) is 12.0 Å². The fourth-order valence-electron chi connectivity index (χ4n) is 1.10. The molecule has 0 atom stereocenters. The van der Waals surface area contributed by atoms with Gasteiger partial charge in [-0.1, -0.05) is 41.4 Å². The molecule has 0 amide bonds. The number of halogens is 2. The van der Waals surface area contributed by atoms with E-state index in [-0.39, 0.29) is 11.5 Å². The van der Waals surface area contributed by atoms with Crippen molar-refractivity contribution in [3.63, 3.8) is 0 Å². The highest BCUT2D eigenvalue weighted by molar-refractivity contribution is 6.45. The lowest BCUT2D eigenvalue weighted by Crippen LogP contribution is -2.09. The molecule has 1 aromatic carbocycles. The molecule has 0 heterocycles. The zero-order valence-electron chi connectivity index (χ0n) is 9.07. The Morgan fingerprint density at radius 2 is 2.00 bits per heavy atom. The third-order valence-corrected chi connectivity index (χ3v) is 2.65. The van der Waals surface area contributed by atoms with Gasteiger partial charge in [0.2, 0.25) is 0 Å². The van der Waals surface area contributed by atoms with Crippen molar-refractivity contribution < 1.29 is 14.3 Å². The molecule has 0 aliphatic heterocycles. The van der Waals surface area contributed by atoms with Gasteiger partial charge in [0.1, 0.15) is 6.42 Å². The van der Waals surface area contributed by atoms with Crippen molar-refractivity contribution in [2.24, 2.45) is 0 Å². The molecule has 0 saturated carbocycles. The van der Waals surface area contributed by atoms with E-state index in [0.717, 1.165) is 0 Å². The summed E-state index contributed by atoms with van der Waals surface area (Å²) < 4.78 is 4.37. The molecule has 0 fully saturated rings. The second-order valence-corrected chi connectivity index (χ2v) is 4.00. The monoisotopic (exact) mass is 272 g/mol. The van der Waals surface area contributed by atoms with Crippen LogP contribution in [0, 0.1) is 0 Å². The Kier molecular flexibility index (Phi) is 5.19. The molecule has 0 aliphatic carbocycles. The lowest BCUT2D eigenvalue weighted by atomic mass is 10.1. The van der Waals surface area contributed by atoms with Gasteiger partial charge < -0.3 is 4.74 Å². The van der Waals surface area contributed by atoms with Crippen LogP contribution in [0.25, 0.3) is 6.08 Å². The average Bonchev–Trinajstić information content (AvgIpc) is 2.31. The molecule has 0 unspecified atom stereocenters. The molecule has 3 nitrogen and oxygen atoms in total. The Bertz CT molecular complexity index is 467. The van der Waals surface area contributed by atoms with Crippen molar-refractivity contribution in [3.05, 3.63) is 39.9 Å². The van der Waals surface area contributed by atoms with Crippen molar-refractivity contribution in [1.29, 1.82) is 0 Å². The van der Waals surface area contributed by atoms with E-state index in [0.29, 0.717) is 10.6 Å². The summed E-state index contributed by atoms with van der Waals surface area (Å²) in [4.78, 5) is 22.4. The highest BCUT2D eigenvalue weighted by Crippen LogP contribution is 2.20. The Morgan fingerprint density at radius 3 is 2.59 bits per heavy atom. The zero-order chi connectivity index (χ0) is 12.8. The molecule has 5 heteroatoms. The lowest BCUT2D eigenvalue weighted by molar-refractivity contribution is -0.142. The van der Waals surface area contributed by atoms with Crippen LogP contribution in [0.4, 0.5) is 0 Å². The van der Waals surface area contributed by atoms with E-state index in [1.807, 2.05) is 0 Å². The van der Waals surface area contributed by atoms with E-state index in [2.05, 4.69) is 4.74 Å². The minimum absolute atomic E-state index is 0.0523. The quantitative estimate of drug-likeness (QED) is 0.481. The summed E-state index contributed by atoms with van der Waals surface area (Å²) in [6.45, 7) is 0. The van der Waals surface area contributed by atoms with E-state index in [9.17, 15) is 9.59 Å². The van der Waals surface area contributed by atoms with Gasteiger partial charge in [-0.3, -0.25) is 9.59 Å². The number of carbonyl (C=O) groups excluding carboxylic acids is 2. The highest BCUT2D eigenvalue weighted by atomic mass is 35.5. The first kappa shape index (κ1) is 13.7. The fourth-order valence-corrected chi connectivity index (χ4v) is 1.47. The van der Waals surface area contributed by atoms with E-state index >= 15 is 0 Å². The van der Waals surface area contributed by atoms with Gasteiger partial charge >= 0.3 is 5.97 Å². The number of benzene rings is 1. The normalized spacial score (nSPS) is 11.1. The van der Waals surface area contributed by atoms with Gasteiger partial charge in [-0.25, -0.2) is 0 Å². The van der Waals surface area contributed by atoms with Crippen LogP contribution >= 0.6 is 23.2 Å². The second-order valence-electron chi connectivity index (χ2n) is 3.19. The molecule has 0 spiro atoms. The molecule has 0 N–H and O–H groups in total. The van der Waals surface area contributed by atoms with Crippen LogP contribution in [-0.4, -0.2) is 18.9 Å². The van der Waals surface area contributed by atoms with Crippen LogP contribution in [-0.2, 0) is 14.3 Å². The Balaban J connectivity index is 2.83. The number of hydrogen-bond donors (Lipinski definition) is 0. The molecule has 0 radical (unpaired) electrons. The molecule has 0 saturated heterocycles. The summed E-state index contributed by atoms with van der Waals surface area (Å²) in [6, 6.07) is 6.94. The van der Waals surface area contributed by atoms with Gasteiger partial charge in [-0.15, -0.1) is 0 Å². The Hall–Kier alpha value is -1.32. The van der Waals surface area contributed by atoms with E-state index in [1.165, 1.54) is 13.2 Å². The Morgan fingerprint density at radius 1 is 1.35 bits per heavy atom. The largest absolute Gasteiger partial charge is 0.469 e. The standard InChI is InChI=1S/C12H10Cl2O3/c1-17-12(16)7-11(15)10(14)6-8-4-2-3-5-9(8)13/h2-6H,7H2,1H3/b10-6-. The SMILES string of the molecule is COC(=O)CC(=O)/C(Cl)=C/c1ccccc1Cl. The van der Waals surface area contributed by atoms with Gasteiger partial charge in [-0.2, -0.15) is 0 Å². The van der Waals surface area contributed by atoms with Crippen molar-refractivity contribution in [1.82, 2.24) is 0 Å². The molecule has 1 aromatic rings. The maximum atomic E-state index is 11.5. The fraction of sp³-hybridized carbons (Fsp3) is 0.167. The number of carbonyl (C=O) groups is 2. The average molecular weight is 273 g/mol. The van der Waals surface area contributed by atoms with Crippen molar-refractivity contribution in [2.75, 3.05) is 7.11 Å². The van der Waals surface area contributed by atoms with Gasteiger partial charge in [0.25, 0.3) is 0 Å². The molecule has 17 heavy (non-hydrogen) atoms. The smallest absolute Gasteiger partial charge is 0.313 e. The topological polar surface area (TPSA) is 43.4 Å². The third kappa shape index (κ3) is 4.21. The van der Waals surface area contributed by atoms with Gasteiger partial charge in [0.05, 0.1) is 12.1 Å². The number of ether oxygens (including phenoxy) is 1. The van der Waals surface area contributed by atoms with Crippen LogP contribution in [0.15, 0.2) is 29.3 Å². The summed E-state index contributed by atoms with van der Waals surface area (Å²) in [6.07, 6.45) is 1.05. The zero-order valence-corrected chi connectivity index (χ0v) is 10.6. The van der Waals surface area contributed by atoms with Crippen LogP contribution in [0.3, 0.4) is 0 Å². The minimum atomic E-state index is -0.624.